The minimum absolute atomic E-state index is 0.0219. The van der Waals surface area contributed by atoms with Crippen molar-refractivity contribution in [3.8, 4) is 5.75 Å². The number of aliphatic hydroxyl groups excluding tert-OH is 3. The van der Waals surface area contributed by atoms with Crippen LogP contribution in [0.2, 0.25) is 0 Å². The zero-order valence-electron chi connectivity index (χ0n) is 42.2. The quantitative estimate of drug-likeness (QED) is 0.0412. The lowest BCUT2D eigenvalue weighted by Gasteiger charge is -2.45. The average Bonchev–Trinajstić information content (AvgIpc) is 3.39. The topological polar surface area (TPSA) is 162 Å². The molecule has 3 aliphatic heterocycles. The van der Waals surface area contributed by atoms with Crippen LogP contribution in [0.25, 0.3) is 11.0 Å². The number of rotatable bonds is 14. The predicted molar refractivity (Wildman–Crippen MR) is 279 cm³/mol. The standard InChI is InChI=1S/C62H68O11/c1-39(2)49-25-21-41-19-22-44(23-20-41)50-26-24-46(45-18-10-16-43(33-45)32-42-14-8-5-9-15-42)34-48(50)35-54(66)70-58-56-53(73-62(3,59(58)72-60(49)67)30-11-17-40-12-6-4-7-13-40)28-27-51-52(36-64)55(61(68)71-57(51)56)47(29-31-63)37-69-38-65/h4-10,12-16,18-20,22-23,27-28,33,46-48,50,58-59,63-65H,11,17,21,24-26,29-32,34-38H2,1-3H3/t46-,47+,48-,50+,58+,59-,62-/m0/s1. The van der Waals surface area contributed by atoms with Crippen molar-refractivity contribution >= 4 is 22.9 Å². The van der Waals surface area contributed by atoms with Crippen LogP contribution in [0, 0.1) is 5.92 Å². The van der Waals surface area contributed by atoms with E-state index in [4.69, 9.17) is 23.4 Å². The summed E-state index contributed by atoms with van der Waals surface area (Å²) >= 11 is 0. The monoisotopic (exact) mass is 988 g/mol. The zero-order chi connectivity index (χ0) is 51.1. The maximum absolute atomic E-state index is 15.3. The van der Waals surface area contributed by atoms with Crippen LogP contribution < -0.4 is 10.4 Å². The summed E-state index contributed by atoms with van der Waals surface area (Å²) in [6, 6.07) is 41.5. The molecule has 10 rings (SSSR count). The zero-order valence-corrected chi connectivity index (χ0v) is 42.2. The molecule has 382 valence electrons. The second-order valence-electron chi connectivity index (χ2n) is 20.7. The van der Waals surface area contributed by atoms with Crippen LogP contribution in [0.4, 0.5) is 0 Å². The molecule has 1 aliphatic carbocycles. The normalized spacial score (nSPS) is 22.6. The van der Waals surface area contributed by atoms with E-state index >= 15 is 4.79 Å². The summed E-state index contributed by atoms with van der Waals surface area (Å²) in [6.07, 6.45) is 3.77. The van der Waals surface area contributed by atoms with Crippen molar-refractivity contribution in [3.05, 3.63) is 193 Å². The van der Waals surface area contributed by atoms with E-state index in [9.17, 15) is 24.9 Å². The molecule has 4 heterocycles. The molecule has 0 amide bonds. The van der Waals surface area contributed by atoms with Crippen LogP contribution in [-0.4, -0.2) is 59.0 Å². The highest BCUT2D eigenvalue weighted by molar-refractivity contribution is 5.90. The lowest BCUT2D eigenvalue weighted by atomic mass is 9.68. The van der Waals surface area contributed by atoms with Crippen LogP contribution >= 0.6 is 0 Å². The Labute approximate surface area is 427 Å². The molecule has 1 saturated carbocycles. The molecule has 2 bridgehead atoms. The second-order valence-corrected chi connectivity index (χ2v) is 20.7. The van der Waals surface area contributed by atoms with Crippen LogP contribution in [0.1, 0.15) is 146 Å². The van der Waals surface area contributed by atoms with Gasteiger partial charge in [-0.3, -0.25) is 4.79 Å². The molecule has 3 N–H and O–H groups in total. The van der Waals surface area contributed by atoms with Gasteiger partial charge in [0.15, 0.2) is 12.2 Å². The van der Waals surface area contributed by atoms with Crippen LogP contribution in [-0.2, 0) is 49.7 Å². The molecule has 1 aromatic heterocycles. The first-order valence-electron chi connectivity index (χ1n) is 26.0. The first-order chi connectivity index (χ1) is 35.5. The van der Waals surface area contributed by atoms with E-state index < -0.39 is 54.7 Å². The number of fused-ring (bicyclic) bond motifs is 11. The van der Waals surface area contributed by atoms with Gasteiger partial charge < -0.3 is 38.7 Å². The molecular formula is C62H68O11. The number of benzene rings is 5. The smallest absolute Gasteiger partial charge is 0.340 e. The molecule has 11 nitrogen and oxygen atoms in total. The summed E-state index contributed by atoms with van der Waals surface area (Å²) < 4.78 is 32.2. The molecule has 11 heteroatoms. The third-order valence-electron chi connectivity index (χ3n) is 15.7. The van der Waals surface area contributed by atoms with Gasteiger partial charge in [0.05, 0.1) is 18.8 Å². The number of hydrogen-bond acceptors (Lipinski definition) is 11. The van der Waals surface area contributed by atoms with Crippen molar-refractivity contribution in [2.24, 2.45) is 5.92 Å². The van der Waals surface area contributed by atoms with Crippen molar-refractivity contribution in [2.75, 3.05) is 20.0 Å². The Morgan fingerprint density at radius 3 is 2.25 bits per heavy atom. The SMILES string of the molecule is CC(C)=C1CCc2ccc(cc2)[C@H]2CC[C@H](c3cccc(Cc4ccccc4)c3)C[C@H]2CC(=O)O[C@@H]2c3c(ccc4c(CO)c([C@H](CCO)COCO)c(=O)oc34)O[C@@](C)(CCCc3ccccc3)[C@H]2OC1=O. The number of allylic oxidation sites excluding steroid dienone is 1. The average molecular weight is 989 g/mol. The molecular weight excluding hydrogens is 921 g/mol. The van der Waals surface area contributed by atoms with Gasteiger partial charge >= 0.3 is 17.6 Å². The fourth-order valence-corrected chi connectivity index (χ4v) is 11.9. The maximum Gasteiger partial charge on any atom is 0.340 e. The van der Waals surface area contributed by atoms with E-state index in [1.807, 2.05) is 45.0 Å². The minimum Gasteiger partial charge on any atom is -0.483 e. The van der Waals surface area contributed by atoms with Gasteiger partial charge in [-0.2, -0.15) is 0 Å². The second kappa shape index (κ2) is 23.2. The molecule has 0 spiro atoms. The van der Waals surface area contributed by atoms with Crippen molar-refractivity contribution in [2.45, 2.75) is 134 Å². The molecule has 7 atom stereocenters. The molecule has 0 radical (unpaired) electrons. The van der Waals surface area contributed by atoms with Gasteiger partial charge in [-0.25, -0.2) is 9.59 Å². The third-order valence-corrected chi connectivity index (χ3v) is 15.7. The first-order valence-corrected chi connectivity index (χ1v) is 26.0. The van der Waals surface area contributed by atoms with Crippen LogP contribution in [0.3, 0.4) is 0 Å². The molecule has 73 heavy (non-hydrogen) atoms. The molecule has 5 aromatic carbocycles. The van der Waals surface area contributed by atoms with E-state index in [2.05, 4.69) is 84.9 Å². The number of carbonyl (C=O) groups is 2. The summed E-state index contributed by atoms with van der Waals surface area (Å²) in [5.74, 6) is -1.34. The summed E-state index contributed by atoms with van der Waals surface area (Å²) in [5.41, 5.74) is 6.94. The third kappa shape index (κ3) is 11.6. The van der Waals surface area contributed by atoms with E-state index in [0.29, 0.717) is 43.1 Å². The van der Waals surface area contributed by atoms with E-state index in [1.54, 1.807) is 12.1 Å². The molecule has 1 fully saturated rings. The van der Waals surface area contributed by atoms with Crippen LogP contribution in [0.5, 0.6) is 5.75 Å². The summed E-state index contributed by atoms with van der Waals surface area (Å²) in [7, 11) is 0. The Bertz CT molecular complexity index is 2960. The highest BCUT2D eigenvalue weighted by atomic mass is 16.6. The Morgan fingerprint density at radius 2 is 1.53 bits per heavy atom. The van der Waals surface area contributed by atoms with Crippen LogP contribution in [0.15, 0.2) is 142 Å². The highest BCUT2D eigenvalue weighted by Gasteiger charge is 2.53. The molecule has 0 unspecified atom stereocenters. The predicted octanol–water partition coefficient (Wildman–Crippen LogP) is 11.0. The Kier molecular flexibility index (Phi) is 16.4. The molecule has 6 aromatic rings. The number of aryl methyl sites for hydroxylation is 2. The van der Waals surface area contributed by atoms with Gasteiger partial charge in [-0.1, -0.05) is 115 Å². The summed E-state index contributed by atoms with van der Waals surface area (Å²) in [4.78, 5) is 44.5. The van der Waals surface area contributed by atoms with Gasteiger partial charge in [0.1, 0.15) is 23.7 Å². The van der Waals surface area contributed by atoms with Gasteiger partial charge in [0.2, 0.25) is 0 Å². The van der Waals surface area contributed by atoms with Gasteiger partial charge in [0.25, 0.3) is 0 Å². The van der Waals surface area contributed by atoms with Crippen molar-refractivity contribution in [1.29, 1.82) is 0 Å². The Hall–Kier alpha value is -6.37. The highest BCUT2D eigenvalue weighted by Crippen LogP contribution is 2.51. The summed E-state index contributed by atoms with van der Waals surface area (Å²) in [6.45, 7) is 4.07. The van der Waals surface area contributed by atoms with Gasteiger partial charge in [-0.15, -0.1) is 0 Å². The number of carbonyl (C=O) groups excluding carboxylic acids is 2. The van der Waals surface area contributed by atoms with E-state index in [1.165, 1.54) is 16.7 Å². The van der Waals surface area contributed by atoms with E-state index in [0.717, 1.165) is 47.9 Å². The maximum atomic E-state index is 15.3. The largest absolute Gasteiger partial charge is 0.483 e. The Balaban J connectivity index is 1.16. The van der Waals surface area contributed by atoms with Crippen molar-refractivity contribution in [1.82, 2.24) is 0 Å². The molecule has 0 saturated heterocycles. The number of aliphatic hydroxyl groups is 3. The van der Waals surface area contributed by atoms with E-state index in [-0.39, 0.29) is 71.8 Å². The van der Waals surface area contributed by atoms with Gasteiger partial charge in [-0.05, 0) is 154 Å². The summed E-state index contributed by atoms with van der Waals surface area (Å²) in [5, 5.41) is 31.0. The lowest BCUT2D eigenvalue weighted by molar-refractivity contribution is -0.192. The number of hydrogen-bond donors (Lipinski definition) is 3. The minimum atomic E-state index is -1.31. The lowest BCUT2D eigenvalue weighted by Crippen LogP contribution is -2.54. The number of esters is 2. The van der Waals surface area contributed by atoms with Crippen molar-refractivity contribution in [3.63, 3.8) is 0 Å². The fraction of sp³-hybridized carbons (Fsp3) is 0.403. The fourth-order valence-electron chi connectivity index (χ4n) is 11.9. The Morgan fingerprint density at radius 1 is 0.795 bits per heavy atom. The van der Waals surface area contributed by atoms with Crippen molar-refractivity contribution < 1.29 is 48.3 Å². The van der Waals surface area contributed by atoms with Gasteiger partial charge in [0, 0.05) is 35.5 Å². The first kappa shape index (κ1) is 51.5. The molecule has 4 aliphatic rings. The number of ether oxygens (including phenoxy) is 4.